The number of ketones is 1. The van der Waals surface area contributed by atoms with Crippen molar-refractivity contribution in [1.29, 1.82) is 0 Å². The molecule has 0 radical (unpaired) electrons. The van der Waals surface area contributed by atoms with Gasteiger partial charge in [-0.3, -0.25) is 14.6 Å². The number of aliphatic hydroxyl groups is 1. The van der Waals surface area contributed by atoms with Gasteiger partial charge in [-0.05, 0) is 65.6 Å². The molecule has 2 fully saturated rings. The predicted molar refractivity (Wildman–Crippen MR) is 242 cm³/mol. The maximum absolute atomic E-state index is 13.5. The van der Waals surface area contributed by atoms with Crippen LogP contribution < -0.4 is 10.6 Å². The molecule has 1 atom stereocenters. The van der Waals surface area contributed by atoms with Gasteiger partial charge in [0.1, 0.15) is 6.61 Å². The zero-order valence-corrected chi connectivity index (χ0v) is 37.9. The number of methoxy groups -OCH3 is 2. The number of fused-ring (bicyclic) bond motifs is 2. The average Bonchev–Trinajstić information content (AvgIpc) is 3.93. The molecular formula is C47H54N4O10S2. The van der Waals surface area contributed by atoms with Gasteiger partial charge in [0, 0.05) is 82.9 Å². The number of nitrogens with zero attached hydrogens (tertiary/aromatic N) is 2. The lowest BCUT2D eigenvalue weighted by Gasteiger charge is -2.37. The number of Topliss-reactive ketones (excluding diaryl/α,β-unsaturated/α-hetero) is 1. The Morgan fingerprint density at radius 1 is 0.667 bits per heavy atom. The summed E-state index contributed by atoms with van der Waals surface area (Å²) in [7, 11) is 2.77. The first-order valence-electron chi connectivity index (χ1n) is 21.0. The Morgan fingerprint density at radius 2 is 1.11 bits per heavy atom. The molecule has 3 N–H and O–H groups in total. The highest BCUT2D eigenvalue weighted by Crippen LogP contribution is 2.45. The fourth-order valence-corrected chi connectivity index (χ4v) is 10.7. The number of hydrogen-bond donors (Lipinski definition) is 3. The molecule has 6 heterocycles. The first-order chi connectivity index (χ1) is 30.6. The Hall–Kier alpha value is -5.20. The number of hydrogen-bond acceptors (Lipinski definition) is 16. The molecule has 2 aromatic carbocycles. The van der Waals surface area contributed by atoms with Crippen molar-refractivity contribution in [3.05, 3.63) is 115 Å². The standard InChI is InChI=1S/C27H33N3O6S.C20H21NO4S/c1-33-26(31)24-20(15-29-7-11-35-12-8-29)28-21(16-30-9-13-36-14-10-30)25(27(32)34-2)23(24)19-17-37-22-6-4-3-5-18(19)22;1-11-17(13(3)23)19(15-10-26-16-7-5-4-6-14(15)16)18(12(2)21-11)20(24)25-9-8-22/h3-6,17,23,28H,7-16H2,1-2H3;4-7,10,19,21-22H,8-9H2,1-3H3. The van der Waals surface area contributed by atoms with E-state index in [2.05, 4.69) is 26.5 Å². The van der Waals surface area contributed by atoms with Crippen LogP contribution in [-0.4, -0.2) is 132 Å². The van der Waals surface area contributed by atoms with E-state index in [0.29, 0.717) is 67.5 Å². The topological polar surface area (TPSA) is 165 Å². The lowest BCUT2D eigenvalue weighted by atomic mass is 9.79. The van der Waals surface area contributed by atoms with Crippen molar-refractivity contribution in [2.75, 3.05) is 93.1 Å². The van der Waals surface area contributed by atoms with Crippen LogP contribution in [0, 0.1) is 0 Å². The number of benzene rings is 2. The van der Waals surface area contributed by atoms with Crippen LogP contribution in [0.4, 0.5) is 0 Å². The highest BCUT2D eigenvalue weighted by molar-refractivity contribution is 7.17. The molecule has 4 aliphatic heterocycles. The third-order valence-electron chi connectivity index (χ3n) is 11.6. The maximum Gasteiger partial charge on any atom is 0.336 e. The van der Waals surface area contributed by atoms with Crippen molar-refractivity contribution in [1.82, 2.24) is 20.4 Å². The minimum absolute atomic E-state index is 0.0786. The summed E-state index contributed by atoms with van der Waals surface area (Å²) in [6, 6.07) is 16.0. The minimum Gasteiger partial charge on any atom is -0.466 e. The van der Waals surface area contributed by atoms with Crippen LogP contribution in [-0.2, 0) is 42.9 Å². The summed E-state index contributed by atoms with van der Waals surface area (Å²) in [6.45, 7) is 11.5. The van der Waals surface area contributed by atoms with Gasteiger partial charge in [-0.1, -0.05) is 36.4 Å². The first kappa shape index (κ1) is 45.8. The normalized spacial score (nSPS) is 19.1. The summed E-state index contributed by atoms with van der Waals surface area (Å²) in [6.07, 6.45) is 0. The number of thiophene rings is 2. The molecule has 0 bridgehead atoms. The van der Waals surface area contributed by atoms with Gasteiger partial charge in [-0.15, -0.1) is 22.7 Å². The Morgan fingerprint density at radius 3 is 1.56 bits per heavy atom. The molecule has 2 aromatic heterocycles. The van der Waals surface area contributed by atoms with E-state index < -0.39 is 29.7 Å². The van der Waals surface area contributed by atoms with Crippen molar-refractivity contribution in [2.45, 2.75) is 32.6 Å². The summed E-state index contributed by atoms with van der Waals surface area (Å²) < 4.78 is 29.1. The van der Waals surface area contributed by atoms with E-state index in [-0.39, 0.29) is 19.0 Å². The van der Waals surface area contributed by atoms with E-state index >= 15 is 0 Å². The molecule has 1 unspecified atom stereocenters. The molecular weight excluding hydrogens is 845 g/mol. The lowest BCUT2D eigenvalue weighted by Crippen LogP contribution is -2.45. The van der Waals surface area contributed by atoms with Crippen molar-refractivity contribution in [2.24, 2.45) is 0 Å². The molecule has 4 aromatic rings. The number of rotatable bonds is 12. The Kier molecular flexibility index (Phi) is 15.3. The number of dihydropyridines is 2. The molecule has 4 aliphatic rings. The summed E-state index contributed by atoms with van der Waals surface area (Å²) in [4.78, 5) is 56.6. The van der Waals surface area contributed by atoms with Crippen molar-refractivity contribution in [3.8, 4) is 0 Å². The molecule has 14 nitrogen and oxygen atoms in total. The maximum atomic E-state index is 13.5. The largest absolute Gasteiger partial charge is 0.466 e. The smallest absolute Gasteiger partial charge is 0.336 e. The molecule has 0 saturated carbocycles. The van der Waals surface area contributed by atoms with Crippen LogP contribution in [0.25, 0.3) is 20.2 Å². The highest BCUT2D eigenvalue weighted by Gasteiger charge is 2.42. The molecule has 2 saturated heterocycles. The summed E-state index contributed by atoms with van der Waals surface area (Å²) in [5.41, 5.74) is 6.62. The number of allylic oxidation sites excluding steroid dienone is 3. The highest BCUT2D eigenvalue weighted by atomic mass is 32.1. The van der Waals surface area contributed by atoms with E-state index in [4.69, 9.17) is 28.8 Å². The fourth-order valence-electron chi connectivity index (χ4n) is 8.74. The number of aliphatic hydroxyl groups excluding tert-OH is 1. The van der Waals surface area contributed by atoms with Gasteiger partial charge < -0.3 is 39.4 Å². The average molecular weight is 899 g/mol. The number of esters is 3. The van der Waals surface area contributed by atoms with Crippen LogP contribution in [0.2, 0.25) is 0 Å². The van der Waals surface area contributed by atoms with Crippen molar-refractivity contribution < 1.29 is 48.0 Å². The third-order valence-corrected chi connectivity index (χ3v) is 13.6. The quantitative estimate of drug-likeness (QED) is 0.123. The van der Waals surface area contributed by atoms with Crippen LogP contribution >= 0.6 is 22.7 Å². The Balaban J connectivity index is 0.000000201. The summed E-state index contributed by atoms with van der Waals surface area (Å²) in [5, 5.41) is 21.7. The van der Waals surface area contributed by atoms with E-state index in [1.165, 1.54) is 21.1 Å². The summed E-state index contributed by atoms with van der Waals surface area (Å²) in [5.74, 6) is -2.63. The first-order valence-corrected chi connectivity index (χ1v) is 22.7. The molecule has 8 rings (SSSR count). The SMILES string of the molecule is CC(=O)C1=C(C)NC(C)=C(C(=O)OCCO)C1c1csc2ccccc12.COC(=O)C1=C(CN2CCOCC2)NC(CN2CCOCC2)=C(C(=O)OC)C1c1csc2ccccc12. The number of carbonyl (C=O) groups is 4. The van der Waals surface area contributed by atoms with Crippen LogP contribution in [0.1, 0.15) is 43.7 Å². The van der Waals surface area contributed by atoms with Crippen LogP contribution in [0.5, 0.6) is 0 Å². The monoisotopic (exact) mass is 898 g/mol. The fraction of sp³-hybridized carbons (Fsp3) is 0.404. The van der Waals surface area contributed by atoms with Gasteiger partial charge in [0.05, 0.1) is 69.9 Å². The molecule has 0 amide bonds. The van der Waals surface area contributed by atoms with E-state index in [0.717, 1.165) is 74.6 Å². The summed E-state index contributed by atoms with van der Waals surface area (Å²) >= 11 is 3.19. The van der Waals surface area contributed by atoms with Crippen LogP contribution in [0.15, 0.2) is 104 Å². The second-order valence-electron chi connectivity index (χ2n) is 15.5. The predicted octanol–water partition coefficient (Wildman–Crippen LogP) is 5.37. The molecule has 16 heteroatoms. The van der Waals surface area contributed by atoms with Crippen molar-refractivity contribution in [3.63, 3.8) is 0 Å². The third kappa shape index (κ3) is 9.97. The van der Waals surface area contributed by atoms with E-state index in [9.17, 15) is 19.2 Å². The molecule has 334 valence electrons. The lowest BCUT2D eigenvalue weighted by molar-refractivity contribution is -0.140. The van der Waals surface area contributed by atoms with Gasteiger partial charge in [0.2, 0.25) is 0 Å². The van der Waals surface area contributed by atoms with Gasteiger partial charge in [0.25, 0.3) is 0 Å². The molecule has 63 heavy (non-hydrogen) atoms. The number of carbonyl (C=O) groups excluding carboxylic acids is 4. The van der Waals surface area contributed by atoms with Crippen molar-refractivity contribution >= 4 is 66.5 Å². The van der Waals surface area contributed by atoms with E-state index in [1.54, 1.807) is 29.6 Å². The van der Waals surface area contributed by atoms with Gasteiger partial charge in [0.15, 0.2) is 5.78 Å². The Labute approximate surface area is 374 Å². The minimum atomic E-state index is -0.621. The zero-order chi connectivity index (χ0) is 44.6. The molecule has 0 spiro atoms. The van der Waals surface area contributed by atoms with Gasteiger partial charge in [-0.2, -0.15) is 0 Å². The van der Waals surface area contributed by atoms with Crippen LogP contribution in [0.3, 0.4) is 0 Å². The van der Waals surface area contributed by atoms with E-state index in [1.807, 2.05) is 60.1 Å². The van der Waals surface area contributed by atoms with Gasteiger partial charge >= 0.3 is 17.9 Å². The second kappa shape index (κ2) is 21.0. The number of nitrogens with one attached hydrogen (secondary N) is 2. The second-order valence-corrected chi connectivity index (χ2v) is 17.4. The number of morpholine rings is 2. The number of ether oxygens (including phenoxy) is 5. The molecule has 0 aliphatic carbocycles. The zero-order valence-electron chi connectivity index (χ0n) is 36.2. The van der Waals surface area contributed by atoms with Gasteiger partial charge in [-0.25, -0.2) is 14.4 Å². The Bertz CT molecular complexity index is 2430.